The molecule has 0 saturated heterocycles. The molecule has 0 aliphatic heterocycles. The summed E-state index contributed by atoms with van der Waals surface area (Å²) in [5, 5.41) is 8.41. The number of hydrogen-bond acceptors (Lipinski definition) is 2. The van der Waals surface area contributed by atoms with Gasteiger partial charge in [0.2, 0.25) is 0 Å². The fraction of sp³-hybridized carbons (Fsp3) is 0.182. The number of carbonyl (C=O) groups is 1. The number of rotatable bonds is 4. The minimum atomic E-state index is -1.21. The van der Waals surface area contributed by atoms with Crippen LogP contribution >= 0.6 is 23.2 Å². The van der Waals surface area contributed by atoms with E-state index in [2.05, 4.69) is 0 Å². The highest BCUT2D eigenvalue weighted by atomic mass is 35.5. The van der Waals surface area contributed by atoms with Gasteiger partial charge in [-0.1, -0.05) is 41.4 Å². The lowest BCUT2D eigenvalue weighted by Gasteiger charge is -2.18. The van der Waals surface area contributed by atoms with E-state index >= 15 is 0 Å². The van der Waals surface area contributed by atoms with Gasteiger partial charge in [0, 0.05) is 12.7 Å². The zero-order valence-corrected chi connectivity index (χ0v) is 10.2. The van der Waals surface area contributed by atoms with Crippen LogP contribution in [-0.4, -0.2) is 24.7 Å². The zero-order valence-electron chi connectivity index (χ0n) is 8.65. The van der Waals surface area contributed by atoms with Crippen LogP contribution in [0.5, 0.6) is 0 Å². The molecule has 0 radical (unpaired) electrons. The average Bonchev–Trinajstić information content (AvgIpc) is 2.28. The molecule has 3 nitrogen and oxygen atoms in total. The molecule has 86 valence electrons. The lowest BCUT2D eigenvalue weighted by molar-refractivity contribution is -0.131. The summed E-state index contributed by atoms with van der Waals surface area (Å²) in [6.07, 6.45) is 0. The molecule has 0 fully saturated rings. The van der Waals surface area contributed by atoms with Crippen LogP contribution in [0.4, 0.5) is 5.69 Å². The predicted octanol–water partition coefficient (Wildman–Crippen LogP) is 2.90. The summed E-state index contributed by atoms with van der Waals surface area (Å²) in [5.41, 5.74) is 0.940. The van der Waals surface area contributed by atoms with Gasteiger partial charge in [-0.05, 0) is 12.1 Å². The summed E-state index contributed by atoms with van der Waals surface area (Å²) < 4.78 is 0. The second-order valence-corrected chi connectivity index (χ2v) is 4.05. The van der Waals surface area contributed by atoms with E-state index in [-0.39, 0.29) is 16.6 Å². The number of likely N-dealkylation sites (N-methyl/N-ethyl adjacent to an activating group) is 1. The van der Waals surface area contributed by atoms with Crippen molar-refractivity contribution >= 4 is 34.9 Å². The molecule has 0 bridgehead atoms. The number of aliphatic carboxylic acids is 1. The first-order valence-corrected chi connectivity index (χ1v) is 5.31. The van der Waals surface area contributed by atoms with Crippen molar-refractivity contribution in [2.45, 2.75) is 0 Å². The predicted molar refractivity (Wildman–Crippen MR) is 66.1 cm³/mol. The number of para-hydroxylation sites is 1. The van der Waals surface area contributed by atoms with Gasteiger partial charge in [0.1, 0.15) is 5.03 Å². The third kappa shape index (κ3) is 3.43. The van der Waals surface area contributed by atoms with E-state index in [0.717, 1.165) is 5.69 Å². The molecule has 16 heavy (non-hydrogen) atoms. The summed E-state index contributed by atoms with van der Waals surface area (Å²) in [6, 6.07) is 9.49. The fourth-order valence-electron chi connectivity index (χ4n) is 1.17. The Bertz CT molecular complexity index is 404. The monoisotopic (exact) mass is 259 g/mol. The van der Waals surface area contributed by atoms with Crippen LogP contribution in [0.2, 0.25) is 0 Å². The molecule has 1 N–H and O–H groups in total. The minimum Gasteiger partial charge on any atom is -0.477 e. The summed E-state index contributed by atoms with van der Waals surface area (Å²) in [7, 11) is 1.81. The smallest absolute Gasteiger partial charge is 0.348 e. The maximum absolute atomic E-state index is 10.6. The summed E-state index contributed by atoms with van der Waals surface area (Å²) in [4.78, 5) is 12.4. The Kier molecular flexibility index (Phi) is 4.65. The Balaban J connectivity index is 2.76. The van der Waals surface area contributed by atoms with Gasteiger partial charge < -0.3 is 10.0 Å². The van der Waals surface area contributed by atoms with Crippen LogP contribution in [-0.2, 0) is 4.79 Å². The molecule has 0 atom stereocenters. The van der Waals surface area contributed by atoms with Gasteiger partial charge in [-0.15, -0.1) is 0 Å². The summed E-state index contributed by atoms with van der Waals surface area (Å²) in [6.45, 7) is 0.261. The first kappa shape index (κ1) is 12.9. The van der Waals surface area contributed by atoms with Crippen LogP contribution in [0.1, 0.15) is 0 Å². The highest BCUT2D eigenvalue weighted by Crippen LogP contribution is 2.18. The highest BCUT2D eigenvalue weighted by Gasteiger charge is 2.11. The Hall–Kier alpha value is -1.19. The van der Waals surface area contributed by atoms with E-state index in [1.54, 1.807) is 0 Å². The molecule has 0 spiro atoms. The maximum Gasteiger partial charge on any atom is 0.348 e. The Morgan fingerprint density at radius 1 is 1.31 bits per heavy atom. The molecule has 1 aromatic rings. The van der Waals surface area contributed by atoms with Gasteiger partial charge in [-0.3, -0.25) is 0 Å². The number of carboxylic acids is 1. The molecule has 5 heteroatoms. The molecule has 0 aliphatic carbocycles. The van der Waals surface area contributed by atoms with Gasteiger partial charge >= 0.3 is 5.97 Å². The standard InChI is InChI=1S/C11H11Cl2NO2/c1-14(8-5-3-2-4-6-8)7-9(12)10(13)11(15)16/h2-6H,7H2,1H3,(H,15,16)/b10-9-. The molecular formula is C11H11Cl2NO2. The van der Waals surface area contributed by atoms with Crippen LogP contribution in [0.3, 0.4) is 0 Å². The first-order valence-electron chi connectivity index (χ1n) is 4.56. The van der Waals surface area contributed by atoms with Crippen molar-refractivity contribution in [1.82, 2.24) is 0 Å². The van der Waals surface area contributed by atoms with Gasteiger partial charge in [0.15, 0.2) is 0 Å². The van der Waals surface area contributed by atoms with Gasteiger partial charge in [-0.25, -0.2) is 4.79 Å². The van der Waals surface area contributed by atoms with E-state index in [1.165, 1.54) is 0 Å². The summed E-state index contributed by atoms with van der Waals surface area (Å²) >= 11 is 11.3. The Morgan fingerprint density at radius 2 is 1.88 bits per heavy atom. The van der Waals surface area contributed by atoms with Crippen molar-refractivity contribution < 1.29 is 9.90 Å². The molecule has 0 aromatic heterocycles. The Labute approximate surface area is 104 Å². The SMILES string of the molecule is CN(C/C(Cl)=C(/Cl)C(=O)O)c1ccccc1. The van der Waals surface area contributed by atoms with Gasteiger partial charge in [0.25, 0.3) is 0 Å². The Morgan fingerprint density at radius 3 is 2.38 bits per heavy atom. The second kappa shape index (κ2) is 5.77. The van der Waals surface area contributed by atoms with E-state index in [9.17, 15) is 4.79 Å². The number of nitrogens with zero attached hydrogens (tertiary/aromatic N) is 1. The maximum atomic E-state index is 10.6. The number of carboxylic acid groups (broad SMARTS) is 1. The van der Waals surface area contributed by atoms with Crippen LogP contribution < -0.4 is 4.90 Å². The van der Waals surface area contributed by atoms with Crippen molar-refractivity contribution in [2.75, 3.05) is 18.5 Å². The normalized spacial score (nSPS) is 11.9. The molecular weight excluding hydrogens is 249 g/mol. The number of benzene rings is 1. The number of halogens is 2. The number of hydrogen-bond donors (Lipinski definition) is 1. The lowest BCUT2D eigenvalue weighted by atomic mass is 10.3. The molecule has 0 aliphatic rings. The van der Waals surface area contributed by atoms with Crippen LogP contribution in [0.15, 0.2) is 40.4 Å². The minimum absolute atomic E-state index is 0.112. The molecule has 0 saturated carbocycles. The van der Waals surface area contributed by atoms with E-state index < -0.39 is 5.97 Å². The third-order valence-corrected chi connectivity index (χ3v) is 2.79. The average molecular weight is 260 g/mol. The zero-order chi connectivity index (χ0) is 12.1. The van der Waals surface area contributed by atoms with Gasteiger partial charge in [0.05, 0.1) is 11.6 Å². The quantitative estimate of drug-likeness (QED) is 0.846. The van der Waals surface area contributed by atoms with Crippen molar-refractivity contribution in [3.8, 4) is 0 Å². The first-order chi connectivity index (χ1) is 7.52. The van der Waals surface area contributed by atoms with Crippen molar-refractivity contribution in [3.63, 3.8) is 0 Å². The van der Waals surface area contributed by atoms with Crippen molar-refractivity contribution in [2.24, 2.45) is 0 Å². The molecule has 1 rings (SSSR count). The van der Waals surface area contributed by atoms with E-state index in [4.69, 9.17) is 28.3 Å². The topological polar surface area (TPSA) is 40.5 Å². The van der Waals surface area contributed by atoms with Crippen LogP contribution in [0.25, 0.3) is 0 Å². The molecule has 0 unspecified atom stereocenters. The van der Waals surface area contributed by atoms with Crippen LogP contribution in [0, 0.1) is 0 Å². The molecule has 0 heterocycles. The van der Waals surface area contributed by atoms with Gasteiger partial charge in [-0.2, -0.15) is 0 Å². The number of anilines is 1. The van der Waals surface area contributed by atoms with E-state index in [0.29, 0.717) is 0 Å². The van der Waals surface area contributed by atoms with Crippen molar-refractivity contribution in [1.29, 1.82) is 0 Å². The largest absolute Gasteiger partial charge is 0.477 e. The molecule has 0 amide bonds. The second-order valence-electron chi connectivity index (χ2n) is 3.22. The fourth-order valence-corrected chi connectivity index (χ4v) is 1.49. The summed E-state index contributed by atoms with van der Waals surface area (Å²) in [5.74, 6) is -1.21. The third-order valence-electron chi connectivity index (χ3n) is 2.00. The molecule has 1 aromatic carbocycles. The highest BCUT2D eigenvalue weighted by molar-refractivity contribution is 6.47. The lowest BCUT2D eigenvalue weighted by Crippen LogP contribution is -2.19. The van der Waals surface area contributed by atoms with E-state index in [1.807, 2.05) is 42.3 Å². The van der Waals surface area contributed by atoms with Crippen molar-refractivity contribution in [3.05, 3.63) is 40.4 Å².